The molecule has 1 aliphatic rings. The number of hydrogen-bond acceptors (Lipinski definition) is 7. The molecule has 0 aliphatic heterocycles. The van der Waals surface area contributed by atoms with E-state index < -0.39 is 35.4 Å². The summed E-state index contributed by atoms with van der Waals surface area (Å²) in [5.41, 5.74) is 11.1. The molecule has 12 heteroatoms. The summed E-state index contributed by atoms with van der Waals surface area (Å²) in [7, 11) is 0. The molecule has 3 rings (SSSR count). The third kappa shape index (κ3) is 6.37. The fraction of sp³-hybridized carbons (Fsp3) is 0.375. The standard InChI is InChI=1S/C24H24F3N5O4/c25-24(26,27)22(35)36-19-13-31-18(20(29)33)11-17(19)15-6-4-14(5-7-15)10-16(12-28)32-21(34)23(30)8-2-1-3-9-23/h4-7,11,13,16H,1-3,8-10,30H2,(H2,29,33)(H,32,34). The van der Waals surface area contributed by atoms with Gasteiger partial charge in [0.25, 0.3) is 5.91 Å². The Kier molecular flexibility index (Phi) is 7.94. The van der Waals surface area contributed by atoms with Crippen LogP contribution in [0.15, 0.2) is 36.5 Å². The fourth-order valence-electron chi connectivity index (χ4n) is 3.94. The Labute approximate surface area is 204 Å². The van der Waals surface area contributed by atoms with E-state index >= 15 is 0 Å². The molecule has 1 unspecified atom stereocenters. The first-order valence-electron chi connectivity index (χ1n) is 11.1. The van der Waals surface area contributed by atoms with Crippen LogP contribution >= 0.6 is 0 Å². The molecule has 2 amide bonds. The number of carbonyl (C=O) groups is 3. The molecular weight excluding hydrogens is 479 g/mol. The number of benzene rings is 1. The number of carbonyl (C=O) groups excluding carboxylic acids is 3. The number of ether oxygens (including phenoxy) is 1. The van der Waals surface area contributed by atoms with Crippen LogP contribution in [0.5, 0.6) is 5.75 Å². The van der Waals surface area contributed by atoms with Crippen molar-refractivity contribution >= 4 is 17.8 Å². The van der Waals surface area contributed by atoms with Crippen LogP contribution in [0, 0.1) is 11.3 Å². The molecule has 0 saturated heterocycles. The van der Waals surface area contributed by atoms with Crippen LogP contribution in [0.25, 0.3) is 11.1 Å². The van der Waals surface area contributed by atoms with Gasteiger partial charge in [0.15, 0.2) is 5.75 Å². The van der Waals surface area contributed by atoms with Gasteiger partial charge in [-0.05, 0) is 30.0 Å². The monoisotopic (exact) mass is 503 g/mol. The number of nitrogens with zero attached hydrogens (tertiary/aromatic N) is 2. The highest BCUT2D eigenvalue weighted by Crippen LogP contribution is 2.32. The van der Waals surface area contributed by atoms with Gasteiger partial charge in [-0.1, -0.05) is 43.5 Å². The molecule has 1 fully saturated rings. The SMILES string of the molecule is N#CC(Cc1ccc(-c2cc(C(N)=O)ncc2OC(=O)C(F)(F)F)cc1)NC(=O)C1(N)CCCCC1. The van der Waals surface area contributed by atoms with E-state index in [2.05, 4.69) is 15.0 Å². The van der Waals surface area contributed by atoms with Gasteiger partial charge < -0.3 is 21.5 Å². The quantitative estimate of drug-likeness (QED) is 0.489. The van der Waals surface area contributed by atoms with Crippen LogP contribution in [0.1, 0.15) is 48.2 Å². The summed E-state index contributed by atoms with van der Waals surface area (Å²) in [6.45, 7) is 0. The Morgan fingerprint density at radius 3 is 2.36 bits per heavy atom. The minimum absolute atomic E-state index is 0.0181. The van der Waals surface area contributed by atoms with Crippen LogP contribution in [-0.4, -0.2) is 40.5 Å². The van der Waals surface area contributed by atoms with Gasteiger partial charge >= 0.3 is 12.1 Å². The molecule has 1 saturated carbocycles. The molecule has 1 aliphatic carbocycles. The van der Waals surface area contributed by atoms with Crippen LogP contribution in [0.3, 0.4) is 0 Å². The van der Waals surface area contributed by atoms with E-state index in [-0.39, 0.29) is 23.6 Å². The van der Waals surface area contributed by atoms with Crippen LogP contribution in [0.4, 0.5) is 13.2 Å². The Morgan fingerprint density at radius 1 is 1.17 bits per heavy atom. The number of alkyl halides is 3. The highest BCUT2D eigenvalue weighted by Gasteiger charge is 2.42. The van der Waals surface area contributed by atoms with Gasteiger partial charge in [-0.25, -0.2) is 9.78 Å². The number of halogens is 3. The number of nitriles is 1. The van der Waals surface area contributed by atoms with Gasteiger partial charge in [-0.2, -0.15) is 18.4 Å². The minimum Gasteiger partial charge on any atom is -0.418 e. The molecule has 1 aromatic heterocycles. The molecule has 0 radical (unpaired) electrons. The van der Waals surface area contributed by atoms with Crippen molar-refractivity contribution in [1.29, 1.82) is 5.26 Å². The van der Waals surface area contributed by atoms with E-state index in [1.165, 1.54) is 12.1 Å². The van der Waals surface area contributed by atoms with E-state index in [0.29, 0.717) is 24.0 Å². The van der Waals surface area contributed by atoms with Gasteiger partial charge in [0, 0.05) is 12.0 Å². The lowest BCUT2D eigenvalue weighted by atomic mass is 9.81. The van der Waals surface area contributed by atoms with Crippen molar-refractivity contribution in [3.8, 4) is 22.9 Å². The van der Waals surface area contributed by atoms with Crippen molar-refractivity contribution < 1.29 is 32.3 Å². The maximum absolute atomic E-state index is 12.7. The molecule has 1 aromatic carbocycles. The van der Waals surface area contributed by atoms with Gasteiger partial charge in [-0.15, -0.1) is 0 Å². The Balaban J connectivity index is 1.79. The molecule has 1 heterocycles. The summed E-state index contributed by atoms with van der Waals surface area (Å²) in [6, 6.07) is 8.48. The lowest BCUT2D eigenvalue weighted by Gasteiger charge is -2.32. The largest absolute Gasteiger partial charge is 0.491 e. The molecule has 0 spiro atoms. The van der Waals surface area contributed by atoms with E-state index in [1.54, 1.807) is 12.1 Å². The number of esters is 1. The first-order valence-corrected chi connectivity index (χ1v) is 11.1. The van der Waals surface area contributed by atoms with Gasteiger partial charge in [-0.3, -0.25) is 9.59 Å². The van der Waals surface area contributed by atoms with Crippen molar-refractivity contribution in [3.63, 3.8) is 0 Å². The normalized spacial score (nSPS) is 15.9. The van der Waals surface area contributed by atoms with Crippen molar-refractivity contribution in [2.24, 2.45) is 11.5 Å². The second-order valence-corrected chi connectivity index (χ2v) is 8.59. The summed E-state index contributed by atoms with van der Waals surface area (Å²) < 4.78 is 42.5. The number of nitrogens with two attached hydrogens (primary N) is 2. The third-order valence-corrected chi connectivity index (χ3v) is 5.92. The third-order valence-electron chi connectivity index (χ3n) is 5.92. The Bertz CT molecular complexity index is 1190. The summed E-state index contributed by atoms with van der Waals surface area (Å²) in [4.78, 5) is 39.1. The molecule has 0 bridgehead atoms. The molecule has 190 valence electrons. The maximum atomic E-state index is 12.7. The minimum atomic E-state index is -5.24. The van der Waals surface area contributed by atoms with E-state index in [1.807, 2.05) is 6.07 Å². The second-order valence-electron chi connectivity index (χ2n) is 8.59. The van der Waals surface area contributed by atoms with Gasteiger partial charge in [0.2, 0.25) is 5.91 Å². The lowest BCUT2D eigenvalue weighted by Crippen LogP contribution is -2.57. The number of pyridine rings is 1. The van der Waals surface area contributed by atoms with E-state index in [0.717, 1.165) is 31.5 Å². The lowest BCUT2D eigenvalue weighted by molar-refractivity contribution is -0.189. The van der Waals surface area contributed by atoms with Gasteiger partial charge in [0.1, 0.15) is 11.7 Å². The molecule has 2 aromatic rings. The highest BCUT2D eigenvalue weighted by molar-refractivity contribution is 5.93. The molecule has 9 nitrogen and oxygen atoms in total. The summed E-state index contributed by atoms with van der Waals surface area (Å²) in [6.07, 6.45) is -0.488. The predicted octanol–water partition coefficient (Wildman–Crippen LogP) is 2.53. The zero-order valence-corrected chi connectivity index (χ0v) is 19.1. The van der Waals surface area contributed by atoms with Crippen molar-refractivity contribution in [3.05, 3.63) is 47.8 Å². The molecule has 5 N–H and O–H groups in total. The number of primary amides is 1. The van der Waals surface area contributed by atoms with E-state index in [9.17, 15) is 32.8 Å². The number of rotatable bonds is 7. The van der Waals surface area contributed by atoms with Crippen molar-refractivity contribution in [1.82, 2.24) is 10.3 Å². The predicted molar refractivity (Wildman–Crippen MR) is 121 cm³/mol. The molecular formula is C24H24F3N5O4. The Morgan fingerprint density at radius 2 is 1.81 bits per heavy atom. The van der Waals surface area contributed by atoms with Crippen molar-refractivity contribution in [2.75, 3.05) is 0 Å². The topological polar surface area (TPSA) is 161 Å². The first-order chi connectivity index (χ1) is 16.9. The number of amides is 2. The average Bonchev–Trinajstić information content (AvgIpc) is 2.84. The number of nitrogens with one attached hydrogen (secondary N) is 1. The summed E-state index contributed by atoms with van der Waals surface area (Å²) in [5.74, 6) is -4.27. The van der Waals surface area contributed by atoms with Gasteiger partial charge in [0.05, 0.1) is 17.8 Å². The highest BCUT2D eigenvalue weighted by atomic mass is 19.4. The fourth-order valence-corrected chi connectivity index (χ4v) is 3.94. The van der Waals surface area contributed by atoms with Crippen LogP contribution in [0.2, 0.25) is 0 Å². The molecule has 36 heavy (non-hydrogen) atoms. The summed E-state index contributed by atoms with van der Waals surface area (Å²) in [5, 5.41) is 12.2. The van der Waals surface area contributed by atoms with E-state index in [4.69, 9.17) is 11.5 Å². The Hall–Kier alpha value is -3.98. The first kappa shape index (κ1) is 26.6. The smallest absolute Gasteiger partial charge is 0.418 e. The summed E-state index contributed by atoms with van der Waals surface area (Å²) >= 11 is 0. The maximum Gasteiger partial charge on any atom is 0.491 e. The average molecular weight is 503 g/mol. The number of aromatic nitrogens is 1. The van der Waals surface area contributed by atoms with Crippen LogP contribution < -0.4 is 21.5 Å². The zero-order valence-electron chi connectivity index (χ0n) is 19.1. The zero-order chi connectivity index (χ0) is 26.5. The van der Waals surface area contributed by atoms with Crippen LogP contribution in [-0.2, 0) is 16.0 Å². The number of hydrogen-bond donors (Lipinski definition) is 3. The molecule has 1 atom stereocenters. The van der Waals surface area contributed by atoms with Crippen molar-refractivity contribution in [2.45, 2.75) is 56.3 Å². The second kappa shape index (κ2) is 10.7.